The van der Waals surface area contributed by atoms with Crippen LogP contribution in [0.15, 0.2) is 42.5 Å². The zero-order valence-corrected chi connectivity index (χ0v) is 18.1. The van der Waals surface area contributed by atoms with Crippen LogP contribution in [0.5, 0.6) is 11.5 Å². The van der Waals surface area contributed by atoms with Crippen molar-refractivity contribution in [3.8, 4) is 11.5 Å². The second-order valence-corrected chi connectivity index (χ2v) is 8.67. The highest BCUT2D eigenvalue weighted by molar-refractivity contribution is 7.90. The summed E-state index contributed by atoms with van der Waals surface area (Å²) < 4.78 is 37.1. The summed E-state index contributed by atoms with van der Waals surface area (Å²) in [6.07, 6.45) is 0.633. The molecule has 8 nitrogen and oxygen atoms in total. The SMILES string of the molecule is COc1ccc(CCNC(=O)c2ccc(N(C)S(=O)(=O)N(C)C)cc2)cc1OC. The van der Waals surface area contributed by atoms with Crippen molar-refractivity contribution in [1.29, 1.82) is 0 Å². The summed E-state index contributed by atoms with van der Waals surface area (Å²) in [6, 6.07) is 12.0. The molecule has 0 unspecified atom stereocenters. The minimum atomic E-state index is -3.57. The van der Waals surface area contributed by atoms with Crippen LogP contribution in [-0.4, -0.2) is 60.5 Å². The first kappa shape index (κ1) is 22.5. The summed E-state index contributed by atoms with van der Waals surface area (Å²) >= 11 is 0. The number of ether oxygens (including phenoxy) is 2. The molecule has 2 aromatic rings. The Balaban J connectivity index is 1.96. The summed E-state index contributed by atoms with van der Waals surface area (Å²) in [5, 5.41) is 2.86. The predicted molar refractivity (Wildman–Crippen MR) is 113 cm³/mol. The molecule has 2 rings (SSSR count). The van der Waals surface area contributed by atoms with Gasteiger partial charge in [-0.15, -0.1) is 0 Å². The van der Waals surface area contributed by atoms with Crippen LogP contribution in [-0.2, 0) is 16.6 Å². The van der Waals surface area contributed by atoms with E-state index in [4.69, 9.17) is 9.47 Å². The van der Waals surface area contributed by atoms with E-state index < -0.39 is 10.2 Å². The zero-order valence-electron chi connectivity index (χ0n) is 17.3. The van der Waals surface area contributed by atoms with Crippen molar-refractivity contribution >= 4 is 21.8 Å². The van der Waals surface area contributed by atoms with Gasteiger partial charge in [0.2, 0.25) is 0 Å². The number of benzene rings is 2. The fourth-order valence-corrected chi connectivity index (χ4v) is 3.54. The lowest BCUT2D eigenvalue weighted by Gasteiger charge is -2.23. The normalized spacial score (nSPS) is 11.2. The van der Waals surface area contributed by atoms with Gasteiger partial charge in [0.15, 0.2) is 11.5 Å². The minimum Gasteiger partial charge on any atom is -0.493 e. The Bertz CT molecular complexity index is 943. The molecule has 0 radical (unpaired) electrons. The van der Waals surface area contributed by atoms with E-state index in [1.165, 1.54) is 21.1 Å². The lowest BCUT2D eigenvalue weighted by Crippen LogP contribution is -2.37. The highest BCUT2D eigenvalue weighted by Crippen LogP contribution is 2.27. The molecular weight excluding hydrogens is 394 g/mol. The molecule has 0 bridgehead atoms. The fourth-order valence-electron chi connectivity index (χ4n) is 2.66. The topological polar surface area (TPSA) is 88.2 Å². The molecule has 0 aliphatic carbocycles. The molecule has 0 fully saturated rings. The van der Waals surface area contributed by atoms with Crippen LogP contribution in [0.4, 0.5) is 5.69 Å². The maximum absolute atomic E-state index is 12.3. The minimum absolute atomic E-state index is 0.227. The average molecular weight is 422 g/mol. The van der Waals surface area contributed by atoms with Gasteiger partial charge in [-0.05, 0) is 48.4 Å². The Hall–Kier alpha value is -2.78. The number of rotatable bonds is 9. The van der Waals surface area contributed by atoms with Crippen molar-refractivity contribution in [2.75, 3.05) is 46.2 Å². The van der Waals surface area contributed by atoms with Gasteiger partial charge in [0.1, 0.15) is 0 Å². The van der Waals surface area contributed by atoms with Crippen molar-refractivity contribution in [2.45, 2.75) is 6.42 Å². The molecule has 158 valence electrons. The zero-order chi connectivity index (χ0) is 21.6. The molecule has 0 spiro atoms. The van der Waals surface area contributed by atoms with Gasteiger partial charge in [0.25, 0.3) is 5.91 Å². The van der Waals surface area contributed by atoms with Gasteiger partial charge in [0, 0.05) is 33.3 Å². The monoisotopic (exact) mass is 421 g/mol. The van der Waals surface area contributed by atoms with Crippen LogP contribution in [0.3, 0.4) is 0 Å². The van der Waals surface area contributed by atoms with E-state index in [2.05, 4.69) is 5.32 Å². The number of carbonyl (C=O) groups is 1. The Morgan fingerprint density at radius 1 is 0.966 bits per heavy atom. The van der Waals surface area contributed by atoms with E-state index in [1.54, 1.807) is 38.5 Å². The largest absolute Gasteiger partial charge is 0.493 e. The van der Waals surface area contributed by atoms with Crippen LogP contribution in [0.2, 0.25) is 0 Å². The van der Waals surface area contributed by atoms with Gasteiger partial charge in [0.05, 0.1) is 19.9 Å². The first-order chi connectivity index (χ1) is 13.7. The van der Waals surface area contributed by atoms with Crippen LogP contribution in [0.1, 0.15) is 15.9 Å². The van der Waals surface area contributed by atoms with Crippen molar-refractivity contribution in [2.24, 2.45) is 0 Å². The number of nitrogens with zero attached hydrogens (tertiary/aromatic N) is 2. The molecule has 0 saturated heterocycles. The molecule has 0 aromatic heterocycles. The molecule has 0 heterocycles. The highest BCUT2D eigenvalue weighted by atomic mass is 32.2. The van der Waals surface area contributed by atoms with Crippen LogP contribution < -0.4 is 19.1 Å². The van der Waals surface area contributed by atoms with E-state index in [0.29, 0.717) is 35.7 Å². The third-order valence-corrected chi connectivity index (χ3v) is 6.27. The van der Waals surface area contributed by atoms with Crippen LogP contribution in [0.25, 0.3) is 0 Å². The third-order valence-electron chi connectivity index (χ3n) is 4.45. The summed E-state index contributed by atoms with van der Waals surface area (Å²) in [5.41, 5.74) is 1.94. The second-order valence-electron chi connectivity index (χ2n) is 6.50. The number of nitrogens with one attached hydrogen (secondary N) is 1. The Labute approximate surface area is 172 Å². The summed E-state index contributed by atoms with van der Waals surface area (Å²) in [5.74, 6) is 1.07. The summed E-state index contributed by atoms with van der Waals surface area (Å²) in [7, 11) is 3.98. The molecule has 0 saturated carbocycles. The van der Waals surface area contributed by atoms with E-state index in [1.807, 2.05) is 18.2 Å². The van der Waals surface area contributed by atoms with Gasteiger partial charge in [-0.2, -0.15) is 12.7 Å². The van der Waals surface area contributed by atoms with Gasteiger partial charge in [-0.1, -0.05) is 6.07 Å². The lowest BCUT2D eigenvalue weighted by molar-refractivity contribution is 0.0954. The maximum atomic E-state index is 12.3. The molecule has 29 heavy (non-hydrogen) atoms. The average Bonchev–Trinajstić information content (AvgIpc) is 2.72. The standard InChI is InChI=1S/C20H27N3O5S/c1-22(2)29(25,26)23(3)17-9-7-16(8-10-17)20(24)21-13-12-15-6-11-18(27-4)19(14-15)28-5/h6-11,14H,12-13H2,1-5H3,(H,21,24). The molecule has 0 aliphatic rings. The van der Waals surface area contributed by atoms with Crippen molar-refractivity contribution in [3.63, 3.8) is 0 Å². The number of carbonyl (C=O) groups excluding carboxylic acids is 1. The molecule has 1 N–H and O–H groups in total. The number of hydrogen-bond acceptors (Lipinski definition) is 5. The smallest absolute Gasteiger partial charge is 0.303 e. The Morgan fingerprint density at radius 2 is 1.59 bits per heavy atom. The summed E-state index contributed by atoms with van der Waals surface area (Å²) in [4.78, 5) is 12.3. The molecule has 1 amide bonds. The maximum Gasteiger partial charge on any atom is 0.303 e. The van der Waals surface area contributed by atoms with Crippen LogP contribution >= 0.6 is 0 Å². The predicted octanol–water partition coefficient (Wildman–Crippen LogP) is 1.92. The number of amides is 1. The van der Waals surface area contributed by atoms with Crippen molar-refractivity contribution in [3.05, 3.63) is 53.6 Å². The molecule has 0 atom stereocenters. The van der Waals surface area contributed by atoms with Crippen molar-refractivity contribution < 1.29 is 22.7 Å². The lowest BCUT2D eigenvalue weighted by atomic mass is 10.1. The van der Waals surface area contributed by atoms with E-state index in [9.17, 15) is 13.2 Å². The van der Waals surface area contributed by atoms with Gasteiger partial charge >= 0.3 is 10.2 Å². The molecule has 2 aromatic carbocycles. The third kappa shape index (κ3) is 5.39. The fraction of sp³-hybridized carbons (Fsp3) is 0.350. The highest BCUT2D eigenvalue weighted by Gasteiger charge is 2.21. The van der Waals surface area contributed by atoms with Gasteiger partial charge < -0.3 is 14.8 Å². The van der Waals surface area contributed by atoms with E-state index in [0.717, 1.165) is 14.2 Å². The molecular formula is C20H27N3O5S. The van der Waals surface area contributed by atoms with Crippen LogP contribution in [0, 0.1) is 0 Å². The number of methoxy groups -OCH3 is 2. The van der Waals surface area contributed by atoms with Gasteiger partial charge in [-0.3, -0.25) is 9.10 Å². The van der Waals surface area contributed by atoms with E-state index in [-0.39, 0.29) is 5.91 Å². The molecule has 9 heteroatoms. The van der Waals surface area contributed by atoms with Crippen molar-refractivity contribution in [1.82, 2.24) is 9.62 Å². The van der Waals surface area contributed by atoms with E-state index >= 15 is 0 Å². The van der Waals surface area contributed by atoms with Gasteiger partial charge in [-0.25, -0.2) is 0 Å². The first-order valence-electron chi connectivity index (χ1n) is 8.96. The number of hydrogen-bond donors (Lipinski definition) is 1. The number of anilines is 1. The first-order valence-corrected chi connectivity index (χ1v) is 10.4. The summed E-state index contributed by atoms with van der Waals surface area (Å²) in [6.45, 7) is 0.449. The Kier molecular flexibility index (Phi) is 7.46. The molecule has 0 aliphatic heterocycles. The Morgan fingerprint density at radius 3 is 2.14 bits per heavy atom. The quantitative estimate of drug-likeness (QED) is 0.668. The second kappa shape index (κ2) is 9.62.